The smallest absolute Gasteiger partial charge is 0.345 e. The summed E-state index contributed by atoms with van der Waals surface area (Å²) in [6.07, 6.45) is 9.59. The lowest BCUT2D eigenvalue weighted by molar-refractivity contribution is 0.123. The molecule has 0 amide bonds. The fraction of sp³-hybridized carbons (Fsp3) is 0.345. The zero-order valence-electron chi connectivity index (χ0n) is 20.3. The number of rotatable bonds is 5. The molecule has 1 fully saturated rings. The SMILES string of the molecule is C=CCc1ccc2c(N3CCOCC3)c(C=CC3=CC(=C(C#N)C#N)CC(C)(C)C3)c(=O)oc2c1. The van der Waals surface area contributed by atoms with E-state index < -0.39 is 5.63 Å². The maximum atomic E-state index is 13.2. The number of nitriles is 2. The highest BCUT2D eigenvalue weighted by molar-refractivity contribution is 5.95. The number of benzene rings is 1. The van der Waals surface area contributed by atoms with Gasteiger partial charge in [-0.15, -0.1) is 6.58 Å². The molecule has 0 spiro atoms. The van der Waals surface area contributed by atoms with Crippen molar-refractivity contribution < 1.29 is 9.15 Å². The molecule has 2 aliphatic rings. The maximum Gasteiger partial charge on any atom is 0.345 e. The molecular weight excluding hydrogens is 438 g/mol. The quantitative estimate of drug-likeness (QED) is 0.329. The highest BCUT2D eigenvalue weighted by Gasteiger charge is 2.27. The minimum atomic E-state index is -0.396. The summed E-state index contributed by atoms with van der Waals surface area (Å²) in [5, 5.41) is 19.6. The first-order chi connectivity index (χ1) is 16.8. The summed E-state index contributed by atoms with van der Waals surface area (Å²) in [6.45, 7) is 10.6. The first kappa shape index (κ1) is 24.3. The van der Waals surface area contributed by atoms with Crippen LogP contribution in [0.5, 0.6) is 0 Å². The maximum absolute atomic E-state index is 13.2. The Kier molecular flexibility index (Phi) is 7.05. The monoisotopic (exact) mass is 467 g/mol. The van der Waals surface area contributed by atoms with Crippen molar-refractivity contribution in [3.8, 4) is 12.1 Å². The Bertz CT molecular complexity index is 1370. The van der Waals surface area contributed by atoms with Crippen LogP contribution in [0.1, 0.15) is 37.8 Å². The number of fused-ring (bicyclic) bond motifs is 1. The molecule has 0 atom stereocenters. The molecule has 4 rings (SSSR count). The van der Waals surface area contributed by atoms with Crippen LogP contribution in [0.25, 0.3) is 17.0 Å². The van der Waals surface area contributed by atoms with Gasteiger partial charge >= 0.3 is 5.63 Å². The molecule has 0 bridgehead atoms. The van der Waals surface area contributed by atoms with Gasteiger partial charge < -0.3 is 14.1 Å². The second kappa shape index (κ2) is 10.2. The van der Waals surface area contributed by atoms with Gasteiger partial charge in [0.05, 0.1) is 24.5 Å². The van der Waals surface area contributed by atoms with Crippen molar-refractivity contribution in [1.82, 2.24) is 0 Å². The van der Waals surface area contributed by atoms with Gasteiger partial charge in [-0.1, -0.05) is 38.1 Å². The third kappa shape index (κ3) is 5.29. The van der Waals surface area contributed by atoms with Crippen molar-refractivity contribution in [2.75, 3.05) is 31.2 Å². The zero-order valence-corrected chi connectivity index (χ0v) is 20.3. The Hall–Kier alpha value is -3.87. The van der Waals surface area contributed by atoms with Crippen molar-refractivity contribution in [2.45, 2.75) is 33.1 Å². The summed E-state index contributed by atoms with van der Waals surface area (Å²) in [5.74, 6) is 0. The molecular formula is C29H29N3O3. The first-order valence-electron chi connectivity index (χ1n) is 11.8. The predicted molar refractivity (Wildman–Crippen MR) is 138 cm³/mol. The predicted octanol–water partition coefficient (Wildman–Crippen LogP) is 5.46. The first-order valence-corrected chi connectivity index (χ1v) is 11.8. The van der Waals surface area contributed by atoms with Crippen molar-refractivity contribution in [3.05, 3.63) is 81.3 Å². The Morgan fingerprint density at radius 1 is 1.17 bits per heavy atom. The van der Waals surface area contributed by atoms with Crippen LogP contribution < -0.4 is 10.5 Å². The second-order valence-electron chi connectivity index (χ2n) is 9.77. The van der Waals surface area contributed by atoms with Crippen molar-refractivity contribution in [3.63, 3.8) is 0 Å². The second-order valence-corrected chi connectivity index (χ2v) is 9.77. The number of ether oxygens (including phenoxy) is 1. The fourth-order valence-corrected chi connectivity index (χ4v) is 4.89. The van der Waals surface area contributed by atoms with Gasteiger partial charge in [0, 0.05) is 18.5 Å². The van der Waals surface area contributed by atoms with Crippen LogP contribution in [0.15, 0.2) is 68.9 Å². The van der Waals surface area contributed by atoms with E-state index in [1.807, 2.05) is 54.6 Å². The number of nitrogens with zero attached hydrogens (tertiary/aromatic N) is 3. The number of allylic oxidation sites excluding steroid dienone is 6. The highest BCUT2D eigenvalue weighted by Crippen LogP contribution is 2.40. The lowest BCUT2D eigenvalue weighted by Gasteiger charge is -2.31. The molecule has 1 aromatic carbocycles. The minimum absolute atomic E-state index is 0.106. The van der Waals surface area contributed by atoms with Crippen LogP contribution in [-0.4, -0.2) is 26.3 Å². The average molecular weight is 468 g/mol. The summed E-state index contributed by atoms with van der Waals surface area (Å²) >= 11 is 0. The van der Waals surface area contributed by atoms with E-state index in [0.717, 1.165) is 34.2 Å². The Morgan fingerprint density at radius 3 is 2.60 bits per heavy atom. The van der Waals surface area contributed by atoms with Gasteiger partial charge in [0.2, 0.25) is 0 Å². The van der Waals surface area contributed by atoms with Gasteiger partial charge in [-0.3, -0.25) is 0 Å². The molecule has 1 saturated heterocycles. The molecule has 1 aliphatic heterocycles. The Morgan fingerprint density at radius 2 is 1.91 bits per heavy atom. The molecule has 1 aliphatic carbocycles. The summed E-state index contributed by atoms with van der Waals surface area (Å²) in [7, 11) is 0. The van der Waals surface area contributed by atoms with Crippen LogP contribution in [0, 0.1) is 28.1 Å². The van der Waals surface area contributed by atoms with Gasteiger partial charge in [-0.25, -0.2) is 4.79 Å². The molecule has 35 heavy (non-hydrogen) atoms. The molecule has 0 saturated carbocycles. The lowest BCUT2D eigenvalue weighted by Crippen LogP contribution is -2.37. The van der Waals surface area contributed by atoms with E-state index in [0.29, 0.717) is 50.3 Å². The van der Waals surface area contributed by atoms with Crippen LogP contribution in [0.4, 0.5) is 5.69 Å². The normalized spacial score (nSPS) is 17.7. The van der Waals surface area contributed by atoms with Crippen molar-refractivity contribution >= 4 is 22.7 Å². The van der Waals surface area contributed by atoms with E-state index in [-0.39, 0.29) is 11.0 Å². The molecule has 2 aromatic rings. The number of morpholine rings is 1. The van der Waals surface area contributed by atoms with Gasteiger partial charge in [0.1, 0.15) is 23.3 Å². The molecule has 2 heterocycles. The molecule has 0 unspecified atom stereocenters. The molecule has 1 aromatic heterocycles. The summed E-state index contributed by atoms with van der Waals surface area (Å²) in [5.41, 5.74) is 4.27. The van der Waals surface area contributed by atoms with Gasteiger partial charge in [0.15, 0.2) is 0 Å². The van der Waals surface area contributed by atoms with E-state index in [9.17, 15) is 15.3 Å². The molecule has 0 radical (unpaired) electrons. The lowest BCUT2D eigenvalue weighted by atomic mass is 9.74. The standard InChI is InChI=1S/C29H29N3O3/c1-4-5-20-6-8-24-26(15-20)35-28(33)25(27(24)32-10-12-34-13-11-32)9-7-21-14-22(23(18-30)19-31)17-29(2,3)16-21/h4,6-9,14-15H,1,5,10-13,16-17H2,2-3H3. The largest absolute Gasteiger partial charge is 0.422 e. The zero-order chi connectivity index (χ0) is 25.0. The van der Waals surface area contributed by atoms with Crippen molar-refractivity contribution in [1.29, 1.82) is 10.5 Å². The number of anilines is 1. The summed E-state index contributed by atoms with van der Waals surface area (Å²) < 4.78 is 11.3. The third-order valence-corrected chi connectivity index (χ3v) is 6.41. The van der Waals surface area contributed by atoms with E-state index in [1.54, 1.807) is 0 Å². The van der Waals surface area contributed by atoms with Gasteiger partial charge in [-0.05, 0) is 59.6 Å². The van der Waals surface area contributed by atoms with Crippen molar-refractivity contribution in [2.24, 2.45) is 5.41 Å². The highest BCUT2D eigenvalue weighted by atomic mass is 16.5. The topological polar surface area (TPSA) is 90.3 Å². The summed E-state index contributed by atoms with van der Waals surface area (Å²) in [6, 6.07) is 9.97. The minimum Gasteiger partial charge on any atom is -0.422 e. The van der Waals surface area contributed by atoms with E-state index in [2.05, 4.69) is 25.3 Å². The number of hydrogen-bond donors (Lipinski definition) is 0. The Labute approximate surface area is 205 Å². The van der Waals surface area contributed by atoms with Gasteiger partial charge in [-0.2, -0.15) is 10.5 Å². The molecule has 178 valence electrons. The molecule has 0 N–H and O–H groups in total. The summed E-state index contributed by atoms with van der Waals surface area (Å²) in [4.78, 5) is 15.4. The van der Waals surface area contributed by atoms with Crippen LogP contribution in [0.2, 0.25) is 0 Å². The van der Waals surface area contributed by atoms with Gasteiger partial charge in [0.25, 0.3) is 0 Å². The van der Waals surface area contributed by atoms with E-state index >= 15 is 0 Å². The van der Waals surface area contributed by atoms with E-state index in [1.165, 1.54) is 0 Å². The van der Waals surface area contributed by atoms with Crippen LogP contribution in [-0.2, 0) is 11.2 Å². The third-order valence-electron chi connectivity index (χ3n) is 6.41. The van der Waals surface area contributed by atoms with E-state index in [4.69, 9.17) is 9.15 Å². The Balaban J connectivity index is 1.85. The molecule has 6 heteroatoms. The van der Waals surface area contributed by atoms with Crippen LogP contribution >= 0.6 is 0 Å². The average Bonchev–Trinajstić information content (AvgIpc) is 2.83. The van der Waals surface area contributed by atoms with Crippen LogP contribution in [0.3, 0.4) is 0 Å². The fourth-order valence-electron chi connectivity index (χ4n) is 4.89. The number of hydrogen-bond acceptors (Lipinski definition) is 6. The molecule has 6 nitrogen and oxygen atoms in total.